The highest BCUT2D eigenvalue weighted by atomic mass is 32.1. The first-order valence-corrected chi connectivity index (χ1v) is 7.83. The summed E-state index contributed by atoms with van der Waals surface area (Å²) in [5.41, 5.74) is 1.25. The molecule has 0 saturated carbocycles. The lowest BCUT2D eigenvalue weighted by molar-refractivity contribution is -0.137. The molecule has 0 spiro atoms. The first-order valence-electron chi connectivity index (χ1n) is 6.89. The number of rotatable bonds is 6. The lowest BCUT2D eigenvalue weighted by atomic mass is 10.1. The summed E-state index contributed by atoms with van der Waals surface area (Å²) in [6.07, 6.45) is -2.67. The van der Waals surface area contributed by atoms with Gasteiger partial charge in [-0.15, -0.1) is 0 Å². The van der Waals surface area contributed by atoms with Crippen LogP contribution in [-0.2, 0) is 23.8 Å². The number of aryl methyl sites for hydroxylation is 1. The van der Waals surface area contributed by atoms with Crippen molar-refractivity contribution in [2.75, 3.05) is 6.54 Å². The van der Waals surface area contributed by atoms with Crippen molar-refractivity contribution in [3.63, 3.8) is 0 Å². The molecule has 22 heavy (non-hydrogen) atoms. The number of carbonyl (C=O) groups is 1. The Labute approximate surface area is 131 Å². The van der Waals surface area contributed by atoms with Crippen molar-refractivity contribution in [2.45, 2.75) is 25.4 Å². The van der Waals surface area contributed by atoms with Gasteiger partial charge in [-0.2, -0.15) is 24.5 Å². The van der Waals surface area contributed by atoms with Crippen LogP contribution in [0.1, 0.15) is 23.1 Å². The molecule has 0 unspecified atom stereocenters. The Morgan fingerprint density at radius 3 is 2.36 bits per heavy atom. The zero-order valence-electron chi connectivity index (χ0n) is 11.8. The molecule has 1 aromatic heterocycles. The molecule has 1 heterocycles. The molecule has 0 bridgehead atoms. The average Bonchev–Trinajstić information content (AvgIpc) is 2.98. The number of benzene rings is 1. The quantitative estimate of drug-likeness (QED) is 0.852. The van der Waals surface area contributed by atoms with Gasteiger partial charge in [-0.1, -0.05) is 12.1 Å². The van der Waals surface area contributed by atoms with Crippen molar-refractivity contribution in [1.29, 1.82) is 0 Å². The number of carbonyl (C=O) groups excluding carboxylic acids is 1. The van der Waals surface area contributed by atoms with Gasteiger partial charge in [-0.05, 0) is 52.9 Å². The molecule has 0 atom stereocenters. The van der Waals surface area contributed by atoms with Gasteiger partial charge in [0, 0.05) is 13.0 Å². The first-order chi connectivity index (χ1) is 10.4. The number of nitrogens with one attached hydrogen (secondary N) is 1. The highest BCUT2D eigenvalue weighted by Gasteiger charge is 2.29. The Morgan fingerprint density at radius 1 is 1.05 bits per heavy atom. The fraction of sp³-hybridized carbons (Fsp3) is 0.312. The molecule has 0 aliphatic rings. The van der Waals surface area contributed by atoms with Gasteiger partial charge in [0.05, 0.1) is 5.56 Å². The second kappa shape index (κ2) is 7.45. The molecule has 1 aromatic carbocycles. The minimum Gasteiger partial charge on any atom is -0.356 e. The largest absolute Gasteiger partial charge is 0.416 e. The summed E-state index contributed by atoms with van der Waals surface area (Å²) in [5, 5.41) is 6.76. The normalized spacial score (nSPS) is 11.4. The van der Waals surface area contributed by atoms with Gasteiger partial charge < -0.3 is 5.32 Å². The Morgan fingerprint density at radius 2 is 1.77 bits per heavy atom. The van der Waals surface area contributed by atoms with Gasteiger partial charge in [0.25, 0.3) is 0 Å². The molecule has 2 rings (SSSR count). The van der Waals surface area contributed by atoms with E-state index in [1.165, 1.54) is 12.1 Å². The maximum Gasteiger partial charge on any atom is 0.416 e. The summed E-state index contributed by atoms with van der Waals surface area (Å²) < 4.78 is 37.3. The summed E-state index contributed by atoms with van der Waals surface area (Å²) in [6.45, 7) is 0.424. The summed E-state index contributed by atoms with van der Waals surface area (Å²) in [7, 11) is 0. The Hall–Kier alpha value is -1.82. The minimum atomic E-state index is -4.31. The van der Waals surface area contributed by atoms with E-state index in [1.54, 1.807) is 11.3 Å². The van der Waals surface area contributed by atoms with Gasteiger partial charge >= 0.3 is 6.18 Å². The molecular weight excluding hydrogens is 311 g/mol. The highest BCUT2D eigenvalue weighted by molar-refractivity contribution is 7.07. The van der Waals surface area contributed by atoms with E-state index < -0.39 is 11.7 Å². The molecule has 6 heteroatoms. The number of hydrogen-bond donors (Lipinski definition) is 1. The molecule has 2 aromatic rings. The molecule has 1 amide bonds. The topological polar surface area (TPSA) is 29.1 Å². The van der Waals surface area contributed by atoms with Crippen molar-refractivity contribution in [3.05, 3.63) is 57.8 Å². The van der Waals surface area contributed by atoms with Crippen molar-refractivity contribution in [2.24, 2.45) is 0 Å². The fourth-order valence-electron chi connectivity index (χ4n) is 1.99. The van der Waals surface area contributed by atoms with Crippen LogP contribution < -0.4 is 5.32 Å². The van der Waals surface area contributed by atoms with E-state index in [0.717, 1.165) is 23.3 Å². The summed E-state index contributed by atoms with van der Waals surface area (Å²) in [5.74, 6) is -0.0434. The van der Waals surface area contributed by atoms with E-state index in [4.69, 9.17) is 0 Å². The third-order valence-corrected chi connectivity index (χ3v) is 3.97. The third-order valence-electron chi connectivity index (χ3n) is 3.24. The van der Waals surface area contributed by atoms with E-state index in [1.807, 2.05) is 16.8 Å². The van der Waals surface area contributed by atoms with Crippen LogP contribution in [0.15, 0.2) is 41.1 Å². The highest BCUT2D eigenvalue weighted by Crippen LogP contribution is 2.29. The SMILES string of the molecule is O=C(CCc1ccsc1)NCCc1ccc(C(F)(F)F)cc1. The van der Waals surface area contributed by atoms with Crippen LogP contribution in [0, 0.1) is 0 Å². The number of thiophene rings is 1. The summed E-state index contributed by atoms with van der Waals surface area (Å²) in [6, 6.07) is 7.00. The van der Waals surface area contributed by atoms with Gasteiger partial charge in [0.1, 0.15) is 0 Å². The maximum absolute atomic E-state index is 12.4. The molecule has 1 N–H and O–H groups in total. The van der Waals surface area contributed by atoms with Crippen LogP contribution in [0.25, 0.3) is 0 Å². The van der Waals surface area contributed by atoms with Gasteiger partial charge in [0.2, 0.25) is 5.91 Å². The molecule has 2 nitrogen and oxygen atoms in total. The minimum absolute atomic E-state index is 0.0434. The molecular formula is C16H16F3NOS. The van der Waals surface area contributed by atoms with E-state index in [0.29, 0.717) is 25.8 Å². The van der Waals surface area contributed by atoms with Crippen molar-refractivity contribution < 1.29 is 18.0 Å². The van der Waals surface area contributed by atoms with Crippen molar-refractivity contribution in [3.8, 4) is 0 Å². The van der Waals surface area contributed by atoms with E-state index in [2.05, 4.69) is 5.32 Å². The van der Waals surface area contributed by atoms with E-state index in [-0.39, 0.29) is 5.91 Å². The zero-order valence-corrected chi connectivity index (χ0v) is 12.6. The van der Waals surface area contributed by atoms with Crippen molar-refractivity contribution in [1.82, 2.24) is 5.32 Å². The predicted octanol–water partition coefficient (Wildman–Crippen LogP) is 4.06. The molecule has 0 fully saturated rings. The summed E-state index contributed by atoms with van der Waals surface area (Å²) in [4.78, 5) is 11.7. The van der Waals surface area contributed by atoms with Crippen LogP contribution in [0.5, 0.6) is 0 Å². The Bertz CT molecular complexity index is 591. The van der Waals surface area contributed by atoms with Crippen LogP contribution in [0.4, 0.5) is 13.2 Å². The molecule has 0 aliphatic heterocycles. The summed E-state index contributed by atoms with van der Waals surface area (Å²) >= 11 is 1.60. The zero-order chi connectivity index (χ0) is 16.0. The van der Waals surface area contributed by atoms with Gasteiger partial charge in [0.15, 0.2) is 0 Å². The third kappa shape index (κ3) is 5.18. The van der Waals surface area contributed by atoms with Crippen LogP contribution in [0.2, 0.25) is 0 Å². The van der Waals surface area contributed by atoms with Gasteiger partial charge in [-0.3, -0.25) is 4.79 Å². The van der Waals surface area contributed by atoms with E-state index in [9.17, 15) is 18.0 Å². The lowest BCUT2D eigenvalue weighted by Gasteiger charge is -2.08. The molecule has 0 aliphatic carbocycles. The van der Waals surface area contributed by atoms with Crippen LogP contribution in [0.3, 0.4) is 0 Å². The maximum atomic E-state index is 12.4. The monoisotopic (exact) mass is 327 g/mol. The number of amides is 1. The second-order valence-electron chi connectivity index (χ2n) is 4.93. The first kappa shape index (κ1) is 16.5. The van der Waals surface area contributed by atoms with Crippen LogP contribution >= 0.6 is 11.3 Å². The van der Waals surface area contributed by atoms with Crippen LogP contribution in [-0.4, -0.2) is 12.5 Å². The van der Waals surface area contributed by atoms with Crippen molar-refractivity contribution >= 4 is 17.2 Å². The van der Waals surface area contributed by atoms with Gasteiger partial charge in [-0.25, -0.2) is 0 Å². The average molecular weight is 327 g/mol. The lowest BCUT2D eigenvalue weighted by Crippen LogP contribution is -2.25. The van der Waals surface area contributed by atoms with E-state index >= 15 is 0 Å². The standard InChI is InChI=1S/C16H16F3NOS/c17-16(18,19)14-4-1-12(2-5-14)7-9-20-15(21)6-3-13-8-10-22-11-13/h1-2,4-5,8,10-11H,3,6-7,9H2,(H,20,21). The number of alkyl halides is 3. The number of hydrogen-bond acceptors (Lipinski definition) is 2. The Kier molecular flexibility index (Phi) is 5.60. The molecule has 0 saturated heterocycles. The molecule has 0 radical (unpaired) electrons. The fourth-order valence-corrected chi connectivity index (χ4v) is 2.69. The smallest absolute Gasteiger partial charge is 0.356 e. The molecule has 118 valence electrons. The predicted molar refractivity (Wildman–Crippen MR) is 80.8 cm³/mol. The number of halogens is 3. The Balaban J connectivity index is 1.70. The second-order valence-corrected chi connectivity index (χ2v) is 5.71.